The molecular formula is C14H15Cl3N2. The highest BCUT2D eigenvalue weighted by molar-refractivity contribution is 6.35. The van der Waals surface area contributed by atoms with E-state index >= 15 is 0 Å². The van der Waals surface area contributed by atoms with Crippen LogP contribution in [-0.4, -0.2) is 9.55 Å². The van der Waals surface area contributed by atoms with Crippen LogP contribution in [0.3, 0.4) is 0 Å². The molecule has 0 bridgehead atoms. The molecule has 0 unspecified atom stereocenters. The summed E-state index contributed by atoms with van der Waals surface area (Å²) >= 11 is 12.2. The van der Waals surface area contributed by atoms with Crippen LogP contribution in [0.2, 0.25) is 10.0 Å². The van der Waals surface area contributed by atoms with Crippen LogP contribution < -0.4 is 0 Å². The molecule has 0 aliphatic carbocycles. The van der Waals surface area contributed by atoms with Crippen molar-refractivity contribution in [1.82, 2.24) is 9.55 Å². The molecule has 0 atom stereocenters. The molecule has 0 radical (unpaired) electrons. The summed E-state index contributed by atoms with van der Waals surface area (Å²) in [6, 6.07) is 5.57. The van der Waals surface area contributed by atoms with Gasteiger partial charge in [0.15, 0.2) is 0 Å². The number of imidazole rings is 1. The second-order valence-electron chi connectivity index (χ2n) is 4.37. The number of rotatable bonds is 3. The second kappa shape index (κ2) is 6.99. The molecule has 0 fully saturated rings. The van der Waals surface area contributed by atoms with Crippen LogP contribution in [0.4, 0.5) is 0 Å². The first-order valence-corrected chi connectivity index (χ1v) is 6.48. The van der Waals surface area contributed by atoms with Gasteiger partial charge < -0.3 is 4.57 Å². The van der Waals surface area contributed by atoms with Crippen molar-refractivity contribution in [2.75, 3.05) is 0 Å². The van der Waals surface area contributed by atoms with Crippen molar-refractivity contribution in [2.24, 2.45) is 5.92 Å². The molecule has 0 N–H and O–H groups in total. The summed E-state index contributed by atoms with van der Waals surface area (Å²) in [7, 11) is 0. The zero-order chi connectivity index (χ0) is 13.1. The molecular weight excluding hydrogens is 303 g/mol. The van der Waals surface area contributed by atoms with Crippen LogP contribution in [0.25, 0.3) is 11.8 Å². The third-order valence-corrected chi connectivity index (χ3v) is 3.22. The van der Waals surface area contributed by atoms with Crippen molar-refractivity contribution in [3.63, 3.8) is 0 Å². The van der Waals surface area contributed by atoms with Gasteiger partial charge in [0.2, 0.25) is 0 Å². The molecule has 5 heteroatoms. The summed E-state index contributed by atoms with van der Waals surface area (Å²) in [6.45, 7) is 4.27. The standard InChI is InChI=1S/C14H14Cl2N2.ClH/c1-10(2)13(8-18-6-5-17-9-18)12-4-3-11(15)7-14(12)16;/h3-10H,1-2H3;1H. The molecule has 0 saturated heterocycles. The van der Waals surface area contributed by atoms with Gasteiger partial charge in [0.05, 0.1) is 6.33 Å². The van der Waals surface area contributed by atoms with Gasteiger partial charge in [0.25, 0.3) is 0 Å². The maximum atomic E-state index is 6.26. The van der Waals surface area contributed by atoms with E-state index in [-0.39, 0.29) is 12.4 Å². The van der Waals surface area contributed by atoms with E-state index in [1.807, 2.05) is 29.1 Å². The van der Waals surface area contributed by atoms with Gasteiger partial charge in [-0.2, -0.15) is 0 Å². The smallest absolute Gasteiger partial charge is 0.0986 e. The van der Waals surface area contributed by atoms with Crippen LogP contribution in [0.1, 0.15) is 19.4 Å². The van der Waals surface area contributed by atoms with Gasteiger partial charge in [0.1, 0.15) is 0 Å². The van der Waals surface area contributed by atoms with Gasteiger partial charge in [-0.3, -0.25) is 0 Å². The Morgan fingerprint density at radius 1 is 1.32 bits per heavy atom. The van der Waals surface area contributed by atoms with E-state index in [4.69, 9.17) is 23.2 Å². The van der Waals surface area contributed by atoms with Crippen LogP contribution in [0.15, 0.2) is 36.9 Å². The molecule has 0 saturated carbocycles. The number of aromatic nitrogens is 2. The number of benzene rings is 1. The van der Waals surface area contributed by atoms with Crippen molar-refractivity contribution in [2.45, 2.75) is 13.8 Å². The first-order chi connectivity index (χ1) is 8.58. The molecule has 1 heterocycles. The lowest BCUT2D eigenvalue weighted by Gasteiger charge is -2.14. The predicted octanol–water partition coefficient (Wildman–Crippen LogP) is 5.27. The van der Waals surface area contributed by atoms with Crippen molar-refractivity contribution < 1.29 is 0 Å². The molecule has 19 heavy (non-hydrogen) atoms. The lowest BCUT2D eigenvalue weighted by Crippen LogP contribution is -1.97. The molecule has 2 aromatic rings. The quantitative estimate of drug-likeness (QED) is 0.754. The van der Waals surface area contributed by atoms with E-state index in [0.29, 0.717) is 16.0 Å². The van der Waals surface area contributed by atoms with Gasteiger partial charge in [0, 0.05) is 28.6 Å². The minimum Gasteiger partial charge on any atom is -0.313 e. The normalized spacial score (nSPS) is 11.5. The van der Waals surface area contributed by atoms with Crippen LogP contribution >= 0.6 is 35.6 Å². The topological polar surface area (TPSA) is 17.8 Å². The number of allylic oxidation sites excluding steroid dienone is 1. The molecule has 0 aliphatic heterocycles. The lowest BCUT2D eigenvalue weighted by molar-refractivity contribution is 0.854. The molecule has 1 aromatic heterocycles. The van der Waals surface area contributed by atoms with E-state index in [1.165, 1.54) is 0 Å². The summed E-state index contributed by atoms with van der Waals surface area (Å²) < 4.78 is 1.92. The molecule has 1 aromatic carbocycles. The van der Waals surface area contributed by atoms with Crippen molar-refractivity contribution in [3.05, 3.63) is 52.5 Å². The SMILES string of the molecule is CC(C)C(=Cn1ccnc1)c1ccc(Cl)cc1Cl.Cl. The number of nitrogens with zero attached hydrogens (tertiary/aromatic N) is 2. The predicted molar refractivity (Wildman–Crippen MR) is 84.9 cm³/mol. The van der Waals surface area contributed by atoms with Crippen molar-refractivity contribution in [1.29, 1.82) is 0 Å². The lowest BCUT2D eigenvalue weighted by atomic mass is 9.96. The Morgan fingerprint density at radius 2 is 2.05 bits per heavy atom. The number of halogens is 3. The van der Waals surface area contributed by atoms with E-state index in [2.05, 4.69) is 18.8 Å². The molecule has 0 spiro atoms. The Morgan fingerprint density at radius 3 is 2.58 bits per heavy atom. The van der Waals surface area contributed by atoms with E-state index in [0.717, 1.165) is 11.1 Å². The highest BCUT2D eigenvalue weighted by atomic mass is 35.5. The highest BCUT2D eigenvalue weighted by Crippen LogP contribution is 2.31. The van der Waals surface area contributed by atoms with Crippen LogP contribution in [0.5, 0.6) is 0 Å². The first kappa shape index (κ1) is 16.1. The average molecular weight is 318 g/mol. The summed E-state index contributed by atoms with van der Waals surface area (Å²) in [5, 5.41) is 1.32. The molecule has 2 rings (SSSR count). The van der Waals surface area contributed by atoms with Crippen molar-refractivity contribution in [3.8, 4) is 0 Å². The summed E-state index contributed by atoms with van der Waals surface area (Å²) in [4.78, 5) is 4.03. The van der Waals surface area contributed by atoms with Crippen molar-refractivity contribution >= 4 is 47.4 Å². The third kappa shape index (κ3) is 4.00. The minimum absolute atomic E-state index is 0. The maximum Gasteiger partial charge on any atom is 0.0986 e. The third-order valence-electron chi connectivity index (χ3n) is 2.68. The zero-order valence-electron chi connectivity index (χ0n) is 10.7. The van der Waals surface area contributed by atoms with E-state index in [1.54, 1.807) is 18.6 Å². The summed E-state index contributed by atoms with van der Waals surface area (Å²) in [5.74, 6) is 0.353. The Labute approximate surface area is 129 Å². The van der Waals surface area contributed by atoms with Gasteiger partial charge in [-0.05, 0) is 29.2 Å². The Hall–Kier alpha value is -0.960. The summed E-state index contributed by atoms with van der Waals surface area (Å²) in [5.41, 5.74) is 2.15. The van der Waals surface area contributed by atoms with E-state index < -0.39 is 0 Å². The molecule has 102 valence electrons. The largest absolute Gasteiger partial charge is 0.313 e. The summed E-state index contributed by atoms with van der Waals surface area (Å²) in [6.07, 6.45) is 7.43. The van der Waals surface area contributed by atoms with Gasteiger partial charge in [-0.1, -0.05) is 43.1 Å². The van der Waals surface area contributed by atoms with Gasteiger partial charge in [-0.15, -0.1) is 12.4 Å². The monoisotopic (exact) mass is 316 g/mol. The fourth-order valence-electron chi connectivity index (χ4n) is 1.76. The number of hydrogen-bond donors (Lipinski definition) is 0. The Kier molecular flexibility index (Phi) is 5.92. The molecule has 2 nitrogen and oxygen atoms in total. The average Bonchev–Trinajstić information content (AvgIpc) is 2.79. The fraction of sp³-hybridized carbons (Fsp3) is 0.214. The van der Waals surface area contributed by atoms with Crippen LogP contribution in [0, 0.1) is 5.92 Å². The Bertz CT molecular complexity index is 560. The van der Waals surface area contributed by atoms with Gasteiger partial charge >= 0.3 is 0 Å². The highest BCUT2D eigenvalue weighted by Gasteiger charge is 2.11. The molecule has 0 amide bonds. The molecule has 0 aliphatic rings. The minimum atomic E-state index is 0. The zero-order valence-corrected chi connectivity index (χ0v) is 13.0. The van der Waals surface area contributed by atoms with Crippen LogP contribution in [-0.2, 0) is 0 Å². The first-order valence-electron chi connectivity index (χ1n) is 5.72. The Balaban J connectivity index is 0.00000180. The number of hydrogen-bond acceptors (Lipinski definition) is 1. The second-order valence-corrected chi connectivity index (χ2v) is 5.22. The van der Waals surface area contributed by atoms with Gasteiger partial charge in [-0.25, -0.2) is 4.98 Å². The fourth-order valence-corrected chi connectivity index (χ4v) is 2.28. The van der Waals surface area contributed by atoms with E-state index in [9.17, 15) is 0 Å². The maximum absolute atomic E-state index is 6.26.